The number of carbonyl (C=O) groups is 1. The Bertz CT molecular complexity index is 682. The number of carbonyl (C=O) groups excluding carboxylic acids is 1. The van der Waals surface area contributed by atoms with Gasteiger partial charge in [-0.15, -0.1) is 0 Å². The molecule has 2 N–H and O–H groups in total. The highest BCUT2D eigenvalue weighted by Gasteiger charge is 2.02. The molecule has 22 heavy (non-hydrogen) atoms. The number of benzene rings is 2. The van der Waals surface area contributed by atoms with E-state index in [9.17, 15) is 4.79 Å². The fourth-order valence-corrected chi connectivity index (χ4v) is 2.28. The summed E-state index contributed by atoms with van der Waals surface area (Å²) in [7, 11) is 1.60. The summed E-state index contributed by atoms with van der Waals surface area (Å²) in [5.41, 5.74) is 1.43. The number of rotatable bonds is 4. The average molecular weight is 337 g/mol. The number of halogens is 2. The van der Waals surface area contributed by atoms with Crippen molar-refractivity contribution in [3.8, 4) is 5.75 Å². The molecule has 2 aromatic carbocycles. The lowest BCUT2D eigenvalue weighted by Crippen LogP contribution is -2.23. The number of anilines is 1. The SMILES string of the molecule is COc1cccc(/C=C/NC(=O)Nc2cc(Cl)cc(Cl)c2)c1. The summed E-state index contributed by atoms with van der Waals surface area (Å²) in [6.45, 7) is 0. The van der Waals surface area contributed by atoms with Crippen LogP contribution in [0.5, 0.6) is 5.75 Å². The van der Waals surface area contributed by atoms with Crippen LogP contribution in [0.2, 0.25) is 10.0 Å². The summed E-state index contributed by atoms with van der Waals surface area (Å²) in [5, 5.41) is 6.14. The van der Waals surface area contributed by atoms with Crippen molar-refractivity contribution in [2.75, 3.05) is 12.4 Å². The quantitative estimate of drug-likeness (QED) is 0.842. The van der Waals surface area contributed by atoms with Gasteiger partial charge in [0.15, 0.2) is 0 Å². The minimum atomic E-state index is -0.391. The molecule has 0 saturated carbocycles. The number of urea groups is 1. The second-order valence-corrected chi connectivity index (χ2v) is 5.24. The molecule has 2 rings (SSSR count). The van der Waals surface area contributed by atoms with Gasteiger partial charge in [-0.1, -0.05) is 35.3 Å². The van der Waals surface area contributed by atoms with E-state index in [0.717, 1.165) is 11.3 Å². The molecule has 2 amide bonds. The third-order valence-corrected chi connectivity index (χ3v) is 3.14. The van der Waals surface area contributed by atoms with Crippen molar-refractivity contribution in [1.29, 1.82) is 0 Å². The van der Waals surface area contributed by atoms with Crippen LogP contribution in [0.1, 0.15) is 5.56 Å². The maximum absolute atomic E-state index is 11.8. The summed E-state index contributed by atoms with van der Waals surface area (Å²) in [6, 6.07) is 11.9. The molecule has 0 aliphatic carbocycles. The number of nitrogens with one attached hydrogen (secondary N) is 2. The van der Waals surface area contributed by atoms with Crippen LogP contribution in [0.25, 0.3) is 6.08 Å². The van der Waals surface area contributed by atoms with E-state index < -0.39 is 6.03 Å². The van der Waals surface area contributed by atoms with E-state index in [0.29, 0.717) is 15.7 Å². The molecule has 4 nitrogen and oxygen atoms in total. The van der Waals surface area contributed by atoms with Gasteiger partial charge in [-0.05, 0) is 42.0 Å². The lowest BCUT2D eigenvalue weighted by atomic mass is 10.2. The fraction of sp³-hybridized carbons (Fsp3) is 0.0625. The van der Waals surface area contributed by atoms with Crippen LogP contribution in [-0.4, -0.2) is 13.1 Å². The van der Waals surface area contributed by atoms with Gasteiger partial charge in [-0.25, -0.2) is 4.79 Å². The number of ether oxygens (including phenoxy) is 1. The van der Waals surface area contributed by atoms with Crippen LogP contribution >= 0.6 is 23.2 Å². The number of hydrogen-bond donors (Lipinski definition) is 2. The van der Waals surface area contributed by atoms with Crippen molar-refractivity contribution in [1.82, 2.24) is 5.32 Å². The molecule has 114 valence electrons. The highest BCUT2D eigenvalue weighted by molar-refractivity contribution is 6.35. The molecule has 0 aliphatic rings. The third kappa shape index (κ3) is 4.98. The first kappa shape index (κ1) is 16.2. The van der Waals surface area contributed by atoms with E-state index in [1.54, 1.807) is 31.4 Å². The van der Waals surface area contributed by atoms with Crippen LogP contribution in [0.15, 0.2) is 48.7 Å². The monoisotopic (exact) mass is 336 g/mol. The van der Waals surface area contributed by atoms with Gasteiger partial charge in [0.2, 0.25) is 0 Å². The molecule has 0 aliphatic heterocycles. The minimum absolute atomic E-state index is 0.391. The van der Waals surface area contributed by atoms with Gasteiger partial charge in [0, 0.05) is 21.9 Å². The topological polar surface area (TPSA) is 50.4 Å². The largest absolute Gasteiger partial charge is 0.497 e. The number of hydrogen-bond acceptors (Lipinski definition) is 2. The van der Waals surface area contributed by atoms with Crippen molar-refractivity contribution in [2.45, 2.75) is 0 Å². The molecule has 0 fully saturated rings. The fourth-order valence-electron chi connectivity index (χ4n) is 1.75. The zero-order valence-electron chi connectivity index (χ0n) is 11.8. The van der Waals surface area contributed by atoms with Gasteiger partial charge in [-0.2, -0.15) is 0 Å². The van der Waals surface area contributed by atoms with E-state index in [4.69, 9.17) is 27.9 Å². The van der Waals surface area contributed by atoms with Gasteiger partial charge in [0.25, 0.3) is 0 Å². The lowest BCUT2D eigenvalue weighted by molar-refractivity contribution is 0.255. The number of methoxy groups -OCH3 is 1. The maximum atomic E-state index is 11.8. The first-order chi connectivity index (χ1) is 10.6. The standard InChI is InChI=1S/C16H14Cl2N2O2/c1-22-15-4-2-3-11(7-15)5-6-19-16(21)20-14-9-12(17)8-13(18)10-14/h2-10H,1H3,(H2,19,20,21)/b6-5+. The minimum Gasteiger partial charge on any atom is -0.497 e. The number of amides is 2. The summed E-state index contributed by atoms with van der Waals surface area (Å²) < 4.78 is 5.13. The smallest absolute Gasteiger partial charge is 0.323 e. The molecule has 0 radical (unpaired) electrons. The first-order valence-corrected chi connectivity index (χ1v) is 7.16. The van der Waals surface area contributed by atoms with Crippen LogP contribution in [0, 0.1) is 0 Å². The Morgan fingerprint density at radius 2 is 1.86 bits per heavy atom. The highest BCUT2D eigenvalue weighted by atomic mass is 35.5. The highest BCUT2D eigenvalue weighted by Crippen LogP contribution is 2.22. The Labute approximate surface area is 138 Å². The average Bonchev–Trinajstić information content (AvgIpc) is 2.46. The van der Waals surface area contributed by atoms with Crippen molar-refractivity contribution >= 4 is 41.0 Å². The maximum Gasteiger partial charge on any atom is 0.323 e. The molecule has 6 heteroatoms. The zero-order valence-corrected chi connectivity index (χ0v) is 13.3. The summed E-state index contributed by atoms with van der Waals surface area (Å²) in [5.74, 6) is 0.750. The molecular formula is C16H14Cl2N2O2. The molecule has 0 atom stereocenters. The van der Waals surface area contributed by atoms with E-state index >= 15 is 0 Å². The van der Waals surface area contributed by atoms with Gasteiger partial charge >= 0.3 is 6.03 Å². The Balaban J connectivity index is 1.93. The van der Waals surface area contributed by atoms with Gasteiger partial charge in [0.1, 0.15) is 5.75 Å². The molecule has 0 saturated heterocycles. The summed E-state index contributed by atoms with van der Waals surface area (Å²) in [6.07, 6.45) is 3.29. The first-order valence-electron chi connectivity index (χ1n) is 6.41. The molecule has 0 spiro atoms. The second-order valence-electron chi connectivity index (χ2n) is 4.37. The summed E-state index contributed by atoms with van der Waals surface area (Å²) >= 11 is 11.7. The Morgan fingerprint density at radius 3 is 2.55 bits per heavy atom. The normalized spacial score (nSPS) is 10.5. The van der Waals surface area contributed by atoms with Gasteiger partial charge in [0.05, 0.1) is 7.11 Å². The van der Waals surface area contributed by atoms with Crippen molar-refractivity contribution in [2.24, 2.45) is 0 Å². The molecule has 0 heterocycles. The molecule has 2 aromatic rings. The molecule has 0 aromatic heterocycles. The van der Waals surface area contributed by atoms with E-state index in [-0.39, 0.29) is 0 Å². The predicted octanol–water partition coefficient (Wildman–Crippen LogP) is 4.79. The Kier molecular flexibility index (Phi) is 5.69. The van der Waals surface area contributed by atoms with E-state index in [1.165, 1.54) is 6.20 Å². The predicted molar refractivity (Wildman–Crippen MR) is 90.6 cm³/mol. The second kappa shape index (κ2) is 7.73. The molecule has 0 unspecified atom stereocenters. The van der Waals surface area contributed by atoms with E-state index in [2.05, 4.69) is 10.6 Å². The van der Waals surface area contributed by atoms with Gasteiger partial charge < -0.3 is 15.4 Å². The Morgan fingerprint density at radius 1 is 1.14 bits per heavy atom. The Hall–Kier alpha value is -2.17. The van der Waals surface area contributed by atoms with Crippen LogP contribution in [-0.2, 0) is 0 Å². The van der Waals surface area contributed by atoms with Crippen molar-refractivity contribution < 1.29 is 9.53 Å². The lowest BCUT2D eigenvalue weighted by Gasteiger charge is -2.06. The third-order valence-electron chi connectivity index (χ3n) is 2.70. The zero-order chi connectivity index (χ0) is 15.9. The van der Waals surface area contributed by atoms with Crippen molar-refractivity contribution in [3.63, 3.8) is 0 Å². The summed E-state index contributed by atoms with van der Waals surface area (Å²) in [4.78, 5) is 11.8. The van der Waals surface area contributed by atoms with Crippen LogP contribution in [0.3, 0.4) is 0 Å². The van der Waals surface area contributed by atoms with Crippen LogP contribution in [0.4, 0.5) is 10.5 Å². The molecular weight excluding hydrogens is 323 g/mol. The van der Waals surface area contributed by atoms with E-state index in [1.807, 2.05) is 24.3 Å². The van der Waals surface area contributed by atoms with Crippen molar-refractivity contribution in [3.05, 3.63) is 64.3 Å². The van der Waals surface area contributed by atoms with Gasteiger partial charge in [-0.3, -0.25) is 0 Å². The van der Waals surface area contributed by atoms with Crippen LogP contribution < -0.4 is 15.4 Å². The molecule has 0 bridgehead atoms.